The van der Waals surface area contributed by atoms with Crippen molar-refractivity contribution < 1.29 is 14.6 Å². The van der Waals surface area contributed by atoms with Crippen LogP contribution in [0.3, 0.4) is 0 Å². The summed E-state index contributed by atoms with van der Waals surface area (Å²) >= 11 is 0. The predicted octanol–water partition coefficient (Wildman–Crippen LogP) is 2.21. The number of hydrogen-bond acceptors (Lipinski definition) is 3. The van der Waals surface area contributed by atoms with Crippen LogP contribution in [0.15, 0.2) is 18.2 Å². The third-order valence-corrected chi connectivity index (χ3v) is 3.25. The fourth-order valence-electron chi connectivity index (χ4n) is 1.99. The smallest absolute Gasteiger partial charge is 0.140 e. The van der Waals surface area contributed by atoms with Gasteiger partial charge < -0.3 is 14.6 Å². The normalized spacial score (nSPS) is 18.6. The fourth-order valence-corrected chi connectivity index (χ4v) is 1.99. The molecule has 0 bridgehead atoms. The van der Waals surface area contributed by atoms with E-state index in [0.29, 0.717) is 13.2 Å². The highest BCUT2D eigenvalue weighted by molar-refractivity contribution is 5.44. The minimum Gasteiger partial charge on any atom is -0.496 e. The van der Waals surface area contributed by atoms with Crippen LogP contribution in [-0.2, 0) is 15.8 Å². The summed E-state index contributed by atoms with van der Waals surface area (Å²) in [4.78, 5) is 0. The molecule has 0 amide bonds. The van der Waals surface area contributed by atoms with Crippen LogP contribution in [-0.4, -0.2) is 25.4 Å². The van der Waals surface area contributed by atoms with Crippen LogP contribution in [0.25, 0.3) is 0 Å². The first-order valence-corrected chi connectivity index (χ1v) is 5.86. The lowest BCUT2D eigenvalue weighted by Gasteiger charge is -2.38. The molecule has 0 spiro atoms. The highest BCUT2D eigenvalue weighted by Gasteiger charge is 2.40. The molecule has 3 nitrogen and oxygen atoms in total. The molecule has 1 saturated heterocycles. The average Bonchev–Trinajstić information content (AvgIpc) is 2.23. The van der Waals surface area contributed by atoms with Gasteiger partial charge >= 0.3 is 0 Å². The van der Waals surface area contributed by atoms with Gasteiger partial charge in [-0.15, -0.1) is 0 Å². The molecule has 0 radical (unpaired) electrons. The third-order valence-electron chi connectivity index (χ3n) is 3.25. The summed E-state index contributed by atoms with van der Waals surface area (Å²) in [6, 6.07) is 6.00. The number of rotatable bonds is 2. The molecular weight excluding hydrogens is 216 g/mol. The Kier molecular flexibility index (Phi) is 2.92. The van der Waals surface area contributed by atoms with E-state index in [9.17, 15) is 5.11 Å². The largest absolute Gasteiger partial charge is 0.496 e. The Labute approximate surface area is 102 Å². The van der Waals surface area contributed by atoms with Crippen LogP contribution in [0.1, 0.15) is 31.9 Å². The van der Waals surface area contributed by atoms with Gasteiger partial charge in [0.05, 0.1) is 20.3 Å². The lowest BCUT2D eigenvalue weighted by Crippen LogP contribution is -2.46. The molecule has 1 aromatic rings. The summed E-state index contributed by atoms with van der Waals surface area (Å²) in [5.41, 5.74) is 1.20. The van der Waals surface area contributed by atoms with Gasteiger partial charge in [0.15, 0.2) is 0 Å². The SMILES string of the molecule is COc1ccc(C(C)(C)C)cc1C1(O)COC1. The third kappa shape index (κ3) is 2.17. The Hall–Kier alpha value is -1.06. The minimum atomic E-state index is -0.882. The molecule has 2 rings (SSSR count). The summed E-state index contributed by atoms with van der Waals surface area (Å²) in [7, 11) is 1.62. The first kappa shape index (κ1) is 12.4. The molecule has 0 aromatic heterocycles. The topological polar surface area (TPSA) is 38.7 Å². The van der Waals surface area contributed by atoms with Gasteiger partial charge in [0.25, 0.3) is 0 Å². The summed E-state index contributed by atoms with van der Waals surface area (Å²) < 4.78 is 10.4. The van der Waals surface area contributed by atoms with E-state index >= 15 is 0 Å². The molecule has 0 unspecified atom stereocenters. The van der Waals surface area contributed by atoms with E-state index in [-0.39, 0.29) is 5.41 Å². The van der Waals surface area contributed by atoms with Crippen molar-refractivity contribution in [2.45, 2.75) is 31.8 Å². The van der Waals surface area contributed by atoms with Gasteiger partial charge in [0, 0.05) is 5.56 Å². The van der Waals surface area contributed by atoms with Crippen LogP contribution in [0.2, 0.25) is 0 Å². The maximum Gasteiger partial charge on any atom is 0.140 e. The maximum atomic E-state index is 10.4. The van der Waals surface area contributed by atoms with E-state index < -0.39 is 5.60 Å². The van der Waals surface area contributed by atoms with Gasteiger partial charge in [-0.3, -0.25) is 0 Å². The van der Waals surface area contributed by atoms with Crippen LogP contribution < -0.4 is 4.74 Å². The van der Waals surface area contributed by atoms with E-state index in [0.717, 1.165) is 11.3 Å². The first-order chi connectivity index (χ1) is 7.87. The lowest BCUT2D eigenvalue weighted by molar-refractivity contribution is -0.185. The van der Waals surface area contributed by atoms with Crippen LogP contribution in [0.5, 0.6) is 5.75 Å². The molecule has 1 heterocycles. The fraction of sp³-hybridized carbons (Fsp3) is 0.571. The van der Waals surface area contributed by atoms with Crippen LogP contribution in [0.4, 0.5) is 0 Å². The zero-order chi connectivity index (χ0) is 12.7. The van der Waals surface area contributed by atoms with Crippen molar-refractivity contribution in [3.63, 3.8) is 0 Å². The zero-order valence-corrected chi connectivity index (χ0v) is 10.9. The molecule has 0 aliphatic carbocycles. The van der Waals surface area contributed by atoms with E-state index in [4.69, 9.17) is 9.47 Å². The Morgan fingerprint density at radius 2 is 1.94 bits per heavy atom. The molecule has 0 atom stereocenters. The van der Waals surface area contributed by atoms with Crippen molar-refractivity contribution >= 4 is 0 Å². The number of ether oxygens (including phenoxy) is 2. The standard InChI is InChI=1S/C14H20O3/c1-13(2,3)10-5-6-12(16-4)11(7-10)14(15)8-17-9-14/h5-7,15H,8-9H2,1-4H3. The number of benzene rings is 1. The highest BCUT2D eigenvalue weighted by Crippen LogP contribution is 2.38. The second kappa shape index (κ2) is 4.00. The monoisotopic (exact) mass is 236 g/mol. The summed E-state index contributed by atoms with van der Waals surface area (Å²) in [5, 5.41) is 10.4. The first-order valence-electron chi connectivity index (χ1n) is 5.86. The second-order valence-electron chi connectivity index (χ2n) is 5.69. The van der Waals surface area contributed by atoms with Crippen molar-refractivity contribution in [1.29, 1.82) is 0 Å². The van der Waals surface area contributed by atoms with E-state index in [2.05, 4.69) is 20.8 Å². The second-order valence-corrected chi connectivity index (χ2v) is 5.69. The van der Waals surface area contributed by atoms with Crippen LogP contribution >= 0.6 is 0 Å². The van der Waals surface area contributed by atoms with E-state index in [1.54, 1.807) is 7.11 Å². The summed E-state index contributed by atoms with van der Waals surface area (Å²) in [5.74, 6) is 0.726. The van der Waals surface area contributed by atoms with Crippen molar-refractivity contribution in [2.24, 2.45) is 0 Å². The van der Waals surface area contributed by atoms with Gasteiger partial charge in [-0.1, -0.05) is 26.8 Å². The molecule has 1 N–H and O–H groups in total. The Balaban J connectivity index is 2.47. The molecule has 0 saturated carbocycles. The van der Waals surface area contributed by atoms with Crippen LogP contribution in [0, 0.1) is 0 Å². The van der Waals surface area contributed by atoms with Crippen molar-refractivity contribution in [3.05, 3.63) is 29.3 Å². The quantitative estimate of drug-likeness (QED) is 0.855. The summed E-state index contributed by atoms with van der Waals surface area (Å²) in [6.07, 6.45) is 0. The molecule has 1 aliphatic heterocycles. The Bertz CT molecular complexity index is 414. The molecule has 94 valence electrons. The Morgan fingerprint density at radius 3 is 2.35 bits per heavy atom. The highest BCUT2D eigenvalue weighted by atomic mass is 16.5. The van der Waals surface area contributed by atoms with Gasteiger partial charge in [-0.05, 0) is 23.1 Å². The van der Waals surface area contributed by atoms with Crippen molar-refractivity contribution in [2.75, 3.05) is 20.3 Å². The lowest BCUT2D eigenvalue weighted by atomic mass is 9.82. The van der Waals surface area contributed by atoms with Crippen molar-refractivity contribution in [3.8, 4) is 5.75 Å². The molecular formula is C14H20O3. The number of hydrogen-bond donors (Lipinski definition) is 1. The minimum absolute atomic E-state index is 0.0575. The van der Waals surface area contributed by atoms with E-state index in [1.807, 2.05) is 18.2 Å². The van der Waals surface area contributed by atoms with Gasteiger partial charge in [0.2, 0.25) is 0 Å². The van der Waals surface area contributed by atoms with Crippen molar-refractivity contribution in [1.82, 2.24) is 0 Å². The molecule has 1 aromatic carbocycles. The van der Waals surface area contributed by atoms with Gasteiger partial charge in [-0.25, -0.2) is 0 Å². The Morgan fingerprint density at radius 1 is 1.29 bits per heavy atom. The molecule has 1 aliphatic rings. The van der Waals surface area contributed by atoms with Gasteiger partial charge in [-0.2, -0.15) is 0 Å². The van der Waals surface area contributed by atoms with E-state index in [1.165, 1.54) is 5.56 Å². The molecule has 3 heteroatoms. The number of methoxy groups -OCH3 is 1. The average molecular weight is 236 g/mol. The zero-order valence-electron chi connectivity index (χ0n) is 10.9. The summed E-state index contributed by atoms with van der Waals surface area (Å²) in [6.45, 7) is 7.15. The van der Waals surface area contributed by atoms with Gasteiger partial charge in [0.1, 0.15) is 11.4 Å². The number of aliphatic hydroxyl groups is 1. The predicted molar refractivity (Wildman–Crippen MR) is 66.4 cm³/mol. The molecule has 1 fully saturated rings. The maximum absolute atomic E-state index is 10.4. The molecule has 17 heavy (non-hydrogen) atoms.